The molecule has 1 aliphatic heterocycles. The van der Waals surface area contributed by atoms with Gasteiger partial charge in [0.15, 0.2) is 5.65 Å². The number of fused-ring (bicyclic) bond motifs is 1. The molecule has 0 bridgehead atoms. The van der Waals surface area contributed by atoms with Gasteiger partial charge in [-0.05, 0) is 6.07 Å². The van der Waals surface area contributed by atoms with Gasteiger partial charge in [-0.15, -0.1) is 0 Å². The summed E-state index contributed by atoms with van der Waals surface area (Å²) in [6.45, 7) is 4.81. The molecule has 0 saturated carbocycles. The molecule has 7 nitrogen and oxygen atoms in total. The molecule has 112 valence electrons. The second-order valence-electron chi connectivity index (χ2n) is 5.38. The first-order valence-electron chi connectivity index (χ1n) is 7.41. The van der Waals surface area contributed by atoms with Crippen LogP contribution in [0.2, 0.25) is 0 Å². The number of piperazine rings is 1. The van der Waals surface area contributed by atoms with Crippen molar-refractivity contribution < 1.29 is 0 Å². The minimum absolute atomic E-state index is 0.884. The van der Waals surface area contributed by atoms with Crippen molar-refractivity contribution >= 4 is 11.5 Å². The summed E-state index contributed by atoms with van der Waals surface area (Å²) in [6.07, 6.45) is 10.9. The molecule has 0 N–H and O–H groups in total. The fraction of sp³-hybridized carbons (Fsp3) is 0.333. The Morgan fingerprint density at radius 2 is 1.86 bits per heavy atom. The van der Waals surface area contributed by atoms with Gasteiger partial charge in [0.25, 0.3) is 0 Å². The van der Waals surface area contributed by atoms with E-state index in [-0.39, 0.29) is 0 Å². The first-order valence-corrected chi connectivity index (χ1v) is 7.41. The second-order valence-corrected chi connectivity index (χ2v) is 5.38. The number of hydrogen-bond donors (Lipinski definition) is 0. The average molecular weight is 295 g/mol. The third-order valence-corrected chi connectivity index (χ3v) is 3.99. The number of aromatic nitrogens is 5. The Balaban J connectivity index is 1.42. The first-order chi connectivity index (χ1) is 10.9. The zero-order chi connectivity index (χ0) is 14.8. The van der Waals surface area contributed by atoms with Gasteiger partial charge in [0.05, 0.1) is 12.4 Å². The van der Waals surface area contributed by atoms with Crippen LogP contribution in [0.4, 0.5) is 5.82 Å². The molecule has 0 spiro atoms. The lowest BCUT2D eigenvalue weighted by Gasteiger charge is -2.34. The highest BCUT2D eigenvalue weighted by atomic mass is 15.3. The first kappa shape index (κ1) is 13.1. The number of hydrogen-bond acceptors (Lipinski definition) is 6. The highest BCUT2D eigenvalue weighted by Gasteiger charge is 2.19. The summed E-state index contributed by atoms with van der Waals surface area (Å²) in [4.78, 5) is 17.6. The van der Waals surface area contributed by atoms with Crippen molar-refractivity contribution in [3.05, 3.63) is 48.8 Å². The second kappa shape index (κ2) is 5.69. The van der Waals surface area contributed by atoms with Crippen LogP contribution in [0.1, 0.15) is 5.56 Å². The average Bonchev–Trinajstić information content (AvgIpc) is 3.00. The van der Waals surface area contributed by atoms with Gasteiger partial charge >= 0.3 is 0 Å². The zero-order valence-corrected chi connectivity index (χ0v) is 12.2. The van der Waals surface area contributed by atoms with E-state index in [0.717, 1.165) is 44.2 Å². The lowest BCUT2D eigenvalue weighted by atomic mass is 10.2. The Morgan fingerprint density at radius 1 is 0.955 bits per heavy atom. The lowest BCUT2D eigenvalue weighted by Crippen LogP contribution is -2.46. The van der Waals surface area contributed by atoms with Crippen LogP contribution in [-0.4, -0.2) is 55.6 Å². The topological polar surface area (TPSA) is 62.5 Å². The largest absolute Gasteiger partial charge is 0.353 e. The van der Waals surface area contributed by atoms with Crippen LogP contribution in [0.25, 0.3) is 5.65 Å². The Bertz CT molecular complexity index is 747. The summed E-state index contributed by atoms with van der Waals surface area (Å²) in [7, 11) is 0. The third kappa shape index (κ3) is 2.50. The lowest BCUT2D eigenvalue weighted by molar-refractivity contribution is 0.250. The molecular weight excluding hydrogens is 278 g/mol. The maximum absolute atomic E-state index is 4.41. The molecule has 0 atom stereocenters. The van der Waals surface area contributed by atoms with Crippen molar-refractivity contribution in [1.82, 2.24) is 29.5 Å². The molecule has 1 fully saturated rings. The summed E-state index contributed by atoms with van der Waals surface area (Å²) in [5, 5.41) is 4.35. The Hall–Kier alpha value is -2.54. The van der Waals surface area contributed by atoms with Crippen molar-refractivity contribution in [2.45, 2.75) is 6.54 Å². The molecule has 4 rings (SSSR count). The highest BCUT2D eigenvalue weighted by Crippen LogP contribution is 2.15. The molecule has 22 heavy (non-hydrogen) atoms. The van der Waals surface area contributed by atoms with E-state index >= 15 is 0 Å². The highest BCUT2D eigenvalue weighted by molar-refractivity contribution is 5.45. The normalized spacial score (nSPS) is 16.3. The smallest absolute Gasteiger partial charge is 0.159 e. The number of nitrogens with zero attached hydrogens (tertiary/aromatic N) is 7. The van der Waals surface area contributed by atoms with Crippen molar-refractivity contribution in [3.8, 4) is 0 Å². The summed E-state index contributed by atoms with van der Waals surface area (Å²) in [5.74, 6) is 0.958. The molecule has 1 saturated heterocycles. The molecule has 0 unspecified atom stereocenters. The summed E-state index contributed by atoms with van der Waals surface area (Å²) >= 11 is 0. The monoisotopic (exact) mass is 295 g/mol. The van der Waals surface area contributed by atoms with Gasteiger partial charge in [0.2, 0.25) is 0 Å². The Labute approximate surface area is 128 Å². The molecule has 0 aromatic carbocycles. The molecule has 3 aromatic heterocycles. The fourth-order valence-electron chi connectivity index (χ4n) is 2.82. The SMILES string of the molecule is c1cnc2c(CN3CCN(c4cnccn4)CC3)cnn2c1. The summed E-state index contributed by atoms with van der Waals surface area (Å²) in [5.41, 5.74) is 2.12. The van der Waals surface area contributed by atoms with Crippen molar-refractivity contribution in [1.29, 1.82) is 0 Å². The van der Waals surface area contributed by atoms with E-state index in [0.29, 0.717) is 0 Å². The van der Waals surface area contributed by atoms with Gasteiger partial charge in [-0.3, -0.25) is 9.88 Å². The maximum Gasteiger partial charge on any atom is 0.159 e. The number of anilines is 1. The predicted octanol–water partition coefficient (Wildman–Crippen LogP) is 0.841. The fourth-order valence-corrected chi connectivity index (χ4v) is 2.82. The predicted molar refractivity (Wildman–Crippen MR) is 82.5 cm³/mol. The molecule has 1 aliphatic rings. The van der Waals surface area contributed by atoms with Crippen LogP contribution >= 0.6 is 0 Å². The van der Waals surface area contributed by atoms with Crippen LogP contribution in [0, 0.1) is 0 Å². The molecule has 0 radical (unpaired) electrons. The molecule has 4 heterocycles. The molecule has 3 aromatic rings. The van der Waals surface area contributed by atoms with E-state index < -0.39 is 0 Å². The van der Waals surface area contributed by atoms with E-state index in [1.165, 1.54) is 5.56 Å². The van der Waals surface area contributed by atoms with Gasteiger partial charge in [-0.2, -0.15) is 5.10 Å². The number of rotatable bonds is 3. The van der Waals surface area contributed by atoms with Crippen molar-refractivity contribution in [3.63, 3.8) is 0 Å². The van der Waals surface area contributed by atoms with E-state index in [9.17, 15) is 0 Å². The quantitative estimate of drug-likeness (QED) is 0.713. The molecule has 0 aliphatic carbocycles. The Kier molecular flexibility index (Phi) is 3.40. The maximum atomic E-state index is 4.41. The van der Waals surface area contributed by atoms with Gasteiger partial charge in [0.1, 0.15) is 5.82 Å². The molecule has 0 amide bonds. The van der Waals surface area contributed by atoms with Crippen LogP contribution in [0.15, 0.2) is 43.2 Å². The van der Waals surface area contributed by atoms with E-state index in [2.05, 4.69) is 29.9 Å². The minimum Gasteiger partial charge on any atom is -0.353 e. The van der Waals surface area contributed by atoms with Crippen LogP contribution in [0.5, 0.6) is 0 Å². The summed E-state index contributed by atoms with van der Waals surface area (Å²) < 4.78 is 1.82. The van der Waals surface area contributed by atoms with Gasteiger partial charge in [0, 0.05) is 63.1 Å². The van der Waals surface area contributed by atoms with Gasteiger partial charge < -0.3 is 4.90 Å². The summed E-state index contributed by atoms with van der Waals surface area (Å²) in [6, 6.07) is 1.89. The van der Waals surface area contributed by atoms with E-state index in [4.69, 9.17) is 0 Å². The Morgan fingerprint density at radius 3 is 2.68 bits per heavy atom. The zero-order valence-electron chi connectivity index (χ0n) is 12.2. The van der Waals surface area contributed by atoms with Crippen LogP contribution in [-0.2, 0) is 6.54 Å². The van der Waals surface area contributed by atoms with Crippen LogP contribution < -0.4 is 4.90 Å². The van der Waals surface area contributed by atoms with Gasteiger partial charge in [-0.1, -0.05) is 0 Å². The van der Waals surface area contributed by atoms with E-state index in [1.807, 2.05) is 35.4 Å². The van der Waals surface area contributed by atoms with Crippen molar-refractivity contribution in [2.24, 2.45) is 0 Å². The molecule has 7 heteroatoms. The van der Waals surface area contributed by atoms with Crippen LogP contribution in [0.3, 0.4) is 0 Å². The standard InChI is InChI=1S/C15H17N7/c1-2-18-15-13(10-19-22(15)5-1)12-20-6-8-21(9-7-20)14-11-16-3-4-17-14/h1-5,10-11H,6-9,12H2. The van der Waals surface area contributed by atoms with E-state index in [1.54, 1.807) is 12.4 Å². The van der Waals surface area contributed by atoms with Crippen molar-refractivity contribution in [2.75, 3.05) is 31.1 Å². The molecular formula is C15H17N7. The third-order valence-electron chi connectivity index (χ3n) is 3.99. The minimum atomic E-state index is 0.884. The van der Waals surface area contributed by atoms with Gasteiger partial charge in [-0.25, -0.2) is 14.5 Å².